The molecule has 2 amide bonds. The van der Waals surface area contributed by atoms with E-state index >= 15 is 0 Å². The monoisotopic (exact) mass is 411 g/mol. The second-order valence-corrected chi connectivity index (χ2v) is 7.33. The summed E-state index contributed by atoms with van der Waals surface area (Å²) in [6.07, 6.45) is 0. The summed E-state index contributed by atoms with van der Waals surface area (Å²) < 4.78 is 0. The van der Waals surface area contributed by atoms with Gasteiger partial charge in [0.1, 0.15) is 5.69 Å². The Morgan fingerprint density at radius 3 is 2.27 bits per heavy atom. The van der Waals surface area contributed by atoms with Crippen LogP contribution >= 0.6 is 0 Å². The Morgan fingerprint density at radius 1 is 1.03 bits per heavy atom. The first-order valence-corrected chi connectivity index (χ1v) is 9.67. The van der Waals surface area contributed by atoms with Crippen LogP contribution in [-0.4, -0.2) is 73.4 Å². The molecule has 0 spiro atoms. The van der Waals surface area contributed by atoms with Crippen LogP contribution in [0.4, 0.5) is 17.1 Å². The number of carbonyl (C=O) groups excluding carboxylic acids is 2. The summed E-state index contributed by atoms with van der Waals surface area (Å²) >= 11 is 0. The van der Waals surface area contributed by atoms with Crippen LogP contribution in [0.3, 0.4) is 0 Å². The number of benzene rings is 2. The first-order valence-electron chi connectivity index (χ1n) is 9.67. The number of hydrogen-bond acceptors (Lipinski definition) is 6. The number of anilines is 2. The zero-order valence-corrected chi connectivity index (χ0v) is 17.1. The number of hydrogen-bond donors (Lipinski definition) is 1. The second kappa shape index (κ2) is 9.36. The molecule has 2 aromatic rings. The minimum Gasteiger partial charge on any atom is -0.363 e. The quantitative estimate of drug-likeness (QED) is 0.577. The Kier molecular flexibility index (Phi) is 6.63. The number of nitrogens with zero attached hydrogens (tertiary/aromatic N) is 4. The summed E-state index contributed by atoms with van der Waals surface area (Å²) in [4.78, 5) is 40.7. The van der Waals surface area contributed by atoms with Gasteiger partial charge in [-0.1, -0.05) is 12.1 Å². The molecular formula is C21H25N5O4. The van der Waals surface area contributed by atoms with Crippen LogP contribution in [0.5, 0.6) is 0 Å². The third-order valence-electron chi connectivity index (χ3n) is 4.98. The van der Waals surface area contributed by atoms with Crippen molar-refractivity contribution in [2.24, 2.45) is 0 Å². The molecule has 2 aromatic carbocycles. The molecule has 0 saturated carbocycles. The molecule has 0 unspecified atom stereocenters. The molecule has 9 nitrogen and oxygen atoms in total. The molecule has 1 heterocycles. The average Bonchev–Trinajstić information content (AvgIpc) is 2.74. The average molecular weight is 411 g/mol. The summed E-state index contributed by atoms with van der Waals surface area (Å²) in [6, 6.07) is 13.5. The van der Waals surface area contributed by atoms with E-state index in [9.17, 15) is 19.7 Å². The zero-order chi connectivity index (χ0) is 21.7. The van der Waals surface area contributed by atoms with E-state index in [0.717, 1.165) is 0 Å². The van der Waals surface area contributed by atoms with E-state index in [1.54, 1.807) is 56.6 Å². The maximum Gasteiger partial charge on any atom is 0.292 e. The second-order valence-electron chi connectivity index (χ2n) is 7.33. The lowest BCUT2D eigenvalue weighted by Crippen LogP contribution is -2.48. The van der Waals surface area contributed by atoms with E-state index in [1.807, 2.05) is 9.80 Å². The first-order chi connectivity index (χ1) is 14.3. The molecule has 30 heavy (non-hydrogen) atoms. The summed E-state index contributed by atoms with van der Waals surface area (Å²) in [7, 11) is 3.38. The molecule has 0 radical (unpaired) electrons. The van der Waals surface area contributed by atoms with E-state index in [2.05, 4.69) is 5.32 Å². The minimum atomic E-state index is -0.369. The number of nitro benzene ring substituents is 1. The lowest BCUT2D eigenvalue weighted by Gasteiger charge is -2.35. The molecule has 1 aliphatic rings. The molecule has 3 rings (SSSR count). The van der Waals surface area contributed by atoms with Crippen LogP contribution in [0.2, 0.25) is 0 Å². The van der Waals surface area contributed by atoms with E-state index in [4.69, 9.17) is 0 Å². The Labute approximate surface area is 175 Å². The van der Waals surface area contributed by atoms with Crippen LogP contribution in [0.15, 0.2) is 48.5 Å². The van der Waals surface area contributed by atoms with Crippen LogP contribution in [0.25, 0.3) is 0 Å². The topological polar surface area (TPSA) is 99.0 Å². The summed E-state index contributed by atoms with van der Waals surface area (Å²) in [5.74, 6) is -0.231. The van der Waals surface area contributed by atoms with Crippen molar-refractivity contribution < 1.29 is 14.5 Å². The lowest BCUT2D eigenvalue weighted by molar-refractivity contribution is -0.384. The van der Waals surface area contributed by atoms with Crippen molar-refractivity contribution in [3.8, 4) is 0 Å². The van der Waals surface area contributed by atoms with Gasteiger partial charge in [0.15, 0.2) is 0 Å². The van der Waals surface area contributed by atoms with Crippen molar-refractivity contribution in [1.82, 2.24) is 9.80 Å². The van der Waals surface area contributed by atoms with Gasteiger partial charge in [0, 0.05) is 57.6 Å². The maximum atomic E-state index is 12.4. The molecule has 0 bridgehead atoms. The van der Waals surface area contributed by atoms with Crippen LogP contribution in [0, 0.1) is 10.1 Å². The fraction of sp³-hybridized carbons (Fsp3) is 0.333. The smallest absolute Gasteiger partial charge is 0.292 e. The number of amides is 2. The third kappa shape index (κ3) is 5.12. The van der Waals surface area contributed by atoms with E-state index in [-0.39, 0.29) is 29.0 Å². The highest BCUT2D eigenvalue weighted by Gasteiger charge is 2.24. The van der Waals surface area contributed by atoms with Gasteiger partial charge in [-0.15, -0.1) is 0 Å². The normalized spacial score (nSPS) is 14.3. The van der Waals surface area contributed by atoms with Crippen molar-refractivity contribution in [3.05, 3.63) is 64.2 Å². The number of para-hydroxylation sites is 2. The standard InChI is InChI=1S/C21H25N5O4/c1-23(2)21(28)16-7-9-17(10-8-16)22-20(27)15-24-11-13-25(14-12-24)18-5-3-4-6-19(18)26(29)30/h3-10H,11-15H2,1-2H3,(H,22,27). The summed E-state index contributed by atoms with van der Waals surface area (Å²) in [6.45, 7) is 2.73. The molecule has 1 fully saturated rings. The number of nitro groups is 1. The highest BCUT2D eigenvalue weighted by Crippen LogP contribution is 2.28. The Morgan fingerprint density at radius 2 is 1.67 bits per heavy atom. The van der Waals surface area contributed by atoms with Crippen molar-refractivity contribution in [2.45, 2.75) is 0 Å². The van der Waals surface area contributed by atoms with Crippen molar-refractivity contribution in [3.63, 3.8) is 0 Å². The number of nitrogens with one attached hydrogen (secondary N) is 1. The Balaban J connectivity index is 1.51. The molecule has 158 valence electrons. The van der Waals surface area contributed by atoms with Gasteiger partial charge in [-0.2, -0.15) is 0 Å². The van der Waals surface area contributed by atoms with E-state index in [1.165, 1.54) is 11.0 Å². The molecule has 1 aliphatic heterocycles. The fourth-order valence-corrected chi connectivity index (χ4v) is 3.39. The molecule has 0 aromatic heterocycles. The molecule has 1 N–H and O–H groups in total. The van der Waals surface area contributed by atoms with E-state index in [0.29, 0.717) is 43.1 Å². The van der Waals surface area contributed by atoms with Crippen molar-refractivity contribution >= 4 is 28.9 Å². The highest BCUT2D eigenvalue weighted by atomic mass is 16.6. The third-order valence-corrected chi connectivity index (χ3v) is 4.98. The summed E-state index contributed by atoms with van der Waals surface area (Å²) in [5, 5.41) is 14.1. The Hall–Kier alpha value is -3.46. The largest absolute Gasteiger partial charge is 0.363 e. The van der Waals surface area contributed by atoms with Crippen molar-refractivity contribution in [2.75, 3.05) is 57.0 Å². The van der Waals surface area contributed by atoms with Gasteiger partial charge >= 0.3 is 0 Å². The summed E-state index contributed by atoms with van der Waals surface area (Å²) in [5.41, 5.74) is 1.90. The molecule has 1 saturated heterocycles. The number of carbonyl (C=O) groups is 2. The lowest BCUT2D eigenvalue weighted by atomic mass is 10.2. The maximum absolute atomic E-state index is 12.4. The minimum absolute atomic E-state index is 0.0931. The molecule has 0 atom stereocenters. The highest BCUT2D eigenvalue weighted by molar-refractivity contribution is 5.96. The van der Waals surface area contributed by atoms with Gasteiger partial charge in [-0.05, 0) is 30.3 Å². The zero-order valence-electron chi connectivity index (χ0n) is 17.1. The SMILES string of the molecule is CN(C)C(=O)c1ccc(NC(=O)CN2CCN(c3ccccc3[N+](=O)[O-])CC2)cc1. The fourth-order valence-electron chi connectivity index (χ4n) is 3.39. The Bertz CT molecular complexity index is 921. The predicted octanol–water partition coefficient (Wildman–Crippen LogP) is 2.06. The molecule has 9 heteroatoms. The van der Waals surface area contributed by atoms with Crippen molar-refractivity contribution in [1.29, 1.82) is 0 Å². The van der Waals surface area contributed by atoms with Crippen LogP contribution in [-0.2, 0) is 4.79 Å². The van der Waals surface area contributed by atoms with Gasteiger partial charge in [0.05, 0.1) is 11.5 Å². The van der Waals surface area contributed by atoms with Gasteiger partial charge in [-0.3, -0.25) is 24.6 Å². The van der Waals surface area contributed by atoms with Gasteiger partial charge in [0.2, 0.25) is 5.91 Å². The van der Waals surface area contributed by atoms with E-state index < -0.39 is 0 Å². The number of piperazine rings is 1. The van der Waals surface area contributed by atoms with Gasteiger partial charge in [-0.25, -0.2) is 0 Å². The number of rotatable bonds is 6. The van der Waals surface area contributed by atoms with Crippen LogP contribution < -0.4 is 10.2 Å². The predicted molar refractivity (Wildman–Crippen MR) is 115 cm³/mol. The van der Waals surface area contributed by atoms with Gasteiger partial charge in [0.25, 0.3) is 11.6 Å². The first kappa shape index (κ1) is 21.3. The molecular weight excluding hydrogens is 386 g/mol. The van der Waals surface area contributed by atoms with Crippen LogP contribution in [0.1, 0.15) is 10.4 Å². The molecule has 0 aliphatic carbocycles. The van der Waals surface area contributed by atoms with Gasteiger partial charge < -0.3 is 15.1 Å².